The first-order chi connectivity index (χ1) is 18.2. The lowest BCUT2D eigenvalue weighted by molar-refractivity contribution is -0.158. The van der Waals surface area contributed by atoms with Gasteiger partial charge in [0.05, 0.1) is 24.7 Å². The molecule has 5 heterocycles. The molecule has 4 aliphatic rings. The number of ether oxygens (including phenoxy) is 1. The lowest BCUT2D eigenvalue weighted by Crippen LogP contribution is -2.38. The lowest BCUT2D eigenvalue weighted by Gasteiger charge is -2.39. The van der Waals surface area contributed by atoms with Gasteiger partial charge in [0.2, 0.25) is 5.91 Å². The molecule has 0 N–H and O–H groups in total. The largest absolute Gasteiger partial charge is 0.396 e. The van der Waals surface area contributed by atoms with Gasteiger partial charge < -0.3 is 14.5 Å². The van der Waals surface area contributed by atoms with Crippen molar-refractivity contribution in [1.82, 2.24) is 24.5 Å². The monoisotopic (exact) mass is 530 g/mol. The fraction of sp³-hybridized carbons (Fsp3) is 0.593. The molecule has 1 unspecified atom stereocenters. The average molecular weight is 531 g/mol. The molecule has 1 saturated heterocycles. The van der Waals surface area contributed by atoms with Gasteiger partial charge in [0.1, 0.15) is 0 Å². The maximum Gasteiger partial charge on any atom is 0.396 e. The minimum Gasteiger partial charge on any atom is -0.381 e. The third kappa shape index (κ3) is 4.44. The second-order valence-electron chi connectivity index (χ2n) is 10.8. The molecule has 0 radical (unpaired) electrons. The second-order valence-corrected chi connectivity index (χ2v) is 10.8. The zero-order chi connectivity index (χ0) is 26.6. The van der Waals surface area contributed by atoms with Gasteiger partial charge in [0.15, 0.2) is 5.82 Å². The normalized spacial score (nSPS) is 22.9. The molecular weight excluding hydrogens is 497 g/mol. The third-order valence-corrected chi connectivity index (χ3v) is 8.36. The Balaban J connectivity index is 1.45. The fourth-order valence-electron chi connectivity index (χ4n) is 6.39. The van der Waals surface area contributed by atoms with E-state index in [1.54, 1.807) is 31.1 Å². The summed E-state index contributed by atoms with van der Waals surface area (Å²) in [7, 11) is 1.71. The van der Waals surface area contributed by atoms with E-state index in [-0.39, 0.29) is 23.9 Å². The molecule has 1 atom stereocenters. The highest BCUT2D eigenvalue weighted by Gasteiger charge is 2.46. The number of amides is 1. The van der Waals surface area contributed by atoms with Gasteiger partial charge in [-0.15, -0.1) is 0 Å². The molecule has 38 heavy (non-hydrogen) atoms. The number of carbonyl (C=O) groups excluding carboxylic acids is 1. The topological polar surface area (TPSA) is 68.4 Å². The number of rotatable bonds is 3. The third-order valence-electron chi connectivity index (χ3n) is 8.36. The number of carbonyl (C=O) groups is 1. The number of alkyl halides is 3. The maximum atomic E-state index is 14.4. The van der Waals surface area contributed by atoms with Gasteiger partial charge in [-0.3, -0.25) is 14.2 Å². The molecule has 2 aromatic rings. The number of hydrogen-bond donors (Lipinski definition) is 0. The molecule has 1 amide bonds. The number of aryl methyl sites for hydroxylation is 1. The molecule has 0 aromatic carbocycles. The van der Waals surface area contributed by atoms with Gasteiger partial charge in [-0.05, 0) is 36.8 Å². The van der Waals surface area contributed by atoms with E-state index in [0.29, 0.717) is 56.3 Å². The first-order valence-corrected chi connectivity index (χ1v) is 13.4. The summed E-state index contributed by atoms with van der Waals surface area (Å²) >= 11 is 0. The molecule has 1 fully saturated rings. The number of hydrogen-bond acceptors (Lipinski definition) is 5. The van der Waals surface area contributed by atoms with E-state index in [9.17, 15) is 18.0 Å². The van der Waals surface area contributed by atoms with Crippen LogP contribution in [0.5, 0.6) is 0 Å². The van der Waals surface area contributed by atoms with Gasteiger partial charge in [-0.25, -0.2) is 0 Å². The number of aromatic nitrogens is 4. The molecule has 0 saturated carbocycles. The van der Waals surface area contributed by atoms with Gasteiger partial charge in [-0.2, -0.15) is 23.4 Å². The Morgan fingerprint density at radius 2 is 1.95 bits per heavy atom. The Bertz CT molecular complexity index is 1300. The van der Waals surface area contributed by atoms with E-state index >= 15 is 0 Å². The summed E-state index contributed by atoms with van der Waals surface area (Å²) < 4.78 is 52.5. The first kappa shape index (κ1) is 25.2. The lowest BCUT2D eigenvalue weighted by atomic mass is 9.80. The quantitative estimate of drug-likeness (QED) is 0.589. The Morgan fingerprint density at radius 3 is 2.63 bits per heavy atom. The van der Waals surface area contributed by atoms with Crippen LogP contribution < -0.4 is 4.90 Å². The van der Waals surface area contributed by atoms with Crippen LogP contribution in [0, 0.1) is 5.92 Å². The summed E-state index contributed by atoms with van der Waals surface area (Å²) in [5.74, 6) is -0.908. The van der Waals surface area contributed by atoms with Gasteiger partial charge >= 0.3 is 6.18 Å². The molecule has 204 valence electrons. The van der Waals surface area contributed by atoms with Crippen molar-refractivity contribution in [1.29, 1.82) is 0 Å². The van der Waals surface area contributed by atoms with E-state index in [1.807, 2.05) is 4.90 Å². The van der Waals surface area contributed by atoms with Crippen LogP contribution >= 0.6 is 0 Å². The number of anilines is 1. The molecule has 2 aromatic heterocycles. The number of allylic oxidation sites excluding steroid dienone is 4. The Hall–Kier alpha value is -3.08. The van der Waals surface area contributed by atoms with Crippen molar-refractivity contribution in [2.45, 2.75) is 64.2 Å². The summed E-state index contributed by atoms with van der Waals surface area (Å²) in [4.78, 5) is 16.1. The summed E-state index contributed by atoms with van der Waals surface area (Å²) in [5, 5.41) is 9.21. The number of halogens is 3. The summed E-state index contributed by atoms with van der Waals surface area (Å²) in [6.07, 6.45) is 4.32. The van der Waals surface area contributed by atoms with Crippen molar-refractivity contribution in [3.8, 4) is 0 Å². The van der Waals surface area contributed by atoms with Crippen LogP contribution in [0.15, 0.2) is 29.7 Å². The molecule has 11 heteroatoms. The Labute approximate surface area is 219 Å². The molecule has 8 nitrogen and oxygen atoms in total. The average Bonchev–Trinajstić information content (AvgIpc) is 3.51. The van der Waals surface area contributed by atoms with E-state index in [4.69, 9.17) is 9.84 Å². The maximum absolute atomic E-state index is 14.4. The molecule has 0 bridgehead atoms. The summed E-state index contributed by atoms with van der Waals surface area (Å²) in [6, 6.07) is 0.194. The van der Waals surface area contributed by atoms with Crippen molar-refractivity contribution < 1.29 is 22.7 Å². The van der Waals surface area contributed by atoms with Crippen molar-refractivity contribution >= 4 is 17.3 Å². The van der Waals surface area contributed by atoms with Crippen LogP contribution in [0.1, 0.15) is 61.9 Å². The summed E-state index contributed by atoms with van der Waals surface area (Å²) in [5.41, 5.74) is 4.50. The predicted molar refractivity (Wildman–Crippen MR) is 135 cm³/mol. The van der Waals surface area contributed by atoms with Crippen LogP contribution in [0.3, 0.4) is 0 Å². The van der Waals surface area contributed by atoms with E-state index in [1.165, 1.54) is 10.9 Å². The number of fused-ring (bicyclic) bond motifs is 1. The van der Waals surface area contributed by atoms with Crippen molar-refractivity contribution in [3.05, 3.63) is 46.6 Å². The van der Waals surface area contributed by atoms with E-state index in [0.717, 1.165) is 42.5 Å². The second kappa shape index (κ2) is 9.59. The smallest absolute Gasteiger partial charge is 0.381 e. The van der Waals surface area contributed by atoms with Crippen LogP contribution in [0.2, 0.25) is 0 Å². The van der Waals surface area contributed by atoms with Crippen molar-refractivity contribution in [2.75, 3.05) is 31.2 Å². The van der Waals surface area contributed by atoms with Gasteiger partial charge in [0.25, 0.3) is 0 Å². The molecule has 1 aliphatic carbocycles. The Kier molecular flexibility index (Phi) is 6.36. The first-order valence-electron chi connectivity index (χ1n) is 13.4. The minimum absolute atomic E-state index is 0.00203. The fourth-order valence-corrected chi connectivity index (χ4v) is 6.39. The van der Waals surface area contributed by atoms with Crippen LogP contribution in [0.4, 0.5) is 19.0 Å². The SMILES string of the molecule is CC(=O)N1CCc2c(c(N3CCCC4=C3CC(C(F)(F)F)C(c3cnn(C)c3)=C4)nn2C2CCOCC2)C1. The van der Waals surface area contributed by atoms with Gasteiger partial charge in [0, 0.05) is 81.8 Å². The highest BCUT2D eigenvalue weighted by Crippen LogP contribution is 2.48. The highest BCUT2D eigenvalue weighted by molar-refractivity contribution is 5.75. The Morgan fingerprint density at radius 1 is 1.16 bits per heavy atom. The zero-order valence-corrected chi connectivity index (χ0v) is 21.8. The zero-order valence-electron chi connectivity index (χ0n) is 21.8. The van der Waals surface area contributed by atoms with Crippen LogP contribution in [-0.4, -0.2) is 62.8 Å². The number of nitrogens with zero attached hydrogens (tertiary/aromatic N) is 6. The molecule has 6 rings (SSSR count). The highest BCUT2D eigenvalue weighted by atomic mass is 19.4. The summed E-state index contributed by atoms with van der Waals surface area (Å²) in [6.45, 7) is 4.57. The van der Waals surface area contributed by atoms with Crippen molar-refractivity contribution in [2.24, 2.45) is 13.0 Å². The van der Waals surface area contributed by atoms with Gasteiger partial charge in [-0.1, -0.05) is 6.08 Å². The molecule has 3 aliphatic heterocycles. The van der Waals surface area contributed by atoms with E-state index in [2.05, 4.69) is 9.78 Å². The standard InChI is InChI=1S/C27H33F3N6O2/c1-17(37)34-9-5-24-22(16-34)26(32-36(24)20-6-10-38-11-7-20)35-8-3-4-18-12-21(19-14-31-33(2)15-19)23(13-25(18)35)27(28,29)30/h12,14-15,20,23H,3-11,13,16H2,1-2H3. The molecule has 0 spiro atoms. The minimum atomic E-state index is -4.39. The van der Waals surface area contributed by atoms with Crippen LogP contribution in [0.25, 0.3) is 5.57 Å². The predicted octanol–water partition coefficient (Wildman–Crippen LogP) is 4.39. The van der Waals surface area contributed by atoms with Crippen LogP contribution in [-0.2, 0) is 29.5 Å². The van der Waals surface area contributed by atoms with E-state index < -0.39 is 12.1 Å². The van der Waals surface area contributed by atoms with Crippen molar-refractivity contribution in [3.63, 3.8) is 0 Å². The molecular formula is C27H33F3N6O2.